The summed E-state index contributed by atoms with van der Waals surface area (Å²) in [7, 11) is 0. The molecule has 0 amide bonds. The number of hydrogen-bond donors (Lipinski definition) is 1. The first-order valence-corrected chi connectivity index (χ1v) is 11.4. The summed E-state index contributed by atoms with van der Waals surface area (Å²) < 4.78 is 0. The molecule has 30 heavy (non-hydrogen) atoms. The maximum absolute atomic E-state index is 10.1. The molecule has 2 rings (SSSR count). The van der Waals surface area contributed by atoms with E-state index in [0.29, 0.717) is 6.54 Å². The van der Waals surface area contributed by atoms with Gasteiger partial charge in [-0.15, -0.1) is 0 Å². The van der Waals surface area contributed by atoms with Gasteiger partial charge in [-0.2, -0.15) is 0 Å². The Balaban J connectivity index is 2.37. The summed E-state index contributed by atoms with van der Waals surface area (Å²) in [5.74, 6) is 1.92. The van der Waals surface area contributed by atoms with Crippen molar-refractivity contribution in [3.63, 3.8) is 0 Å². The van der Waals surface area contributed by atoms with Crippen LogP contribution in [0.15, 0.2) is 24.4 Å². The van der Waals surface area contributed by atoms with Gasteiger partial charge in [-0.3, -0.25) is 4.98 Å². The van der Waals surface area contributed by atoms with E-state index in [9.17, 15) is 5.11 Å². The SMILES string of the molecule is CCCN(CC)c1nc(CC)c(CC(C)N(CC(C)O)c2ccccn2)nc1CC. The van der Waals surface area contributed by atoms with Crippen molar-refractivity contribution in [2.24, 2.45) is 0 Å². The molecule has 2 atom stereocenters. The van der Waals surface area contributed by atoms with E-state index < -0.39 is 6.10 Å². The van der Waals surface area contributed by atoms with Crippen molar-refractivity contribution in [3.8, 4) is 0 Å². The first-order valence-electron chi connectivity index (χ1n) is 11.4. The van der Waals surface area contributed by atoms with E-state index in [1.54, 1.807) is 6.20 Å². The van der Waals surface area contributed by atoms with Crippen molar-refractivity contribution >= 4 is 11.6 Å². The monoisotopic (exact) mass is 413 g/mol. The molecule has 0 fully saturated rings. The van der Waals surface area contributed by atoms with Crippen LogP contribution in [0.3, 0.4) is 0 Å². The molecule has 2 aromatic rings. The normalized spacial score (nSPS) is 13.2. The summed E-state index contributed by atoms with van der Waals surface area (Å²) >= 11 is 0. The van der Waals surface area contributed by atoms with Gasteiger partial charge in [0.2, 0.25) is 0 Å². The quantitative estimate of drug-likeness (QED) is 0.566. The first kappa shape index (κ1) is 24.1. The van der Waals surface area contributed by atoms with E-state index >= 15 is 0 Å². The fourth-order valence-electron chi connectivity index (χ4n) is 3.85. The molecule has 1 N–H and O–H groups in total. The van der Waals surface area contributed by atoms with E-state index in [1.165, 1.54) is 0 Å². The topological polar surface area (TPSA) is 65.4 Å². The summed E-state index contributed by atoms with van der Waals surface area (Å²) in [6.07, 6.45) is 4.95. The van der Waals surface area contributed by atoms with E-state index in [2.05, 4.69) is 49.4 Å². The molecule has 0 saturated heterocycles. The summed E-state index contributed by atoms with van der Waals surface area (Å²) in [5.41, 5.74) is 3.20. The van der Waals surface area contributed by atoms with Crippen molar-refractivity contribution in [2.75, 3.05) is 29.4 Å². The van der Waals surface area contributed by atoms with Gasteiger partial charge in [-0.05, 0) is 52.2 Å². The Morgan fingerprint density at radius 3 is 2.23 bits per heavy atom. The number of hydrogen-bond acceptors (Lipinski definition) is 6. The highest BCUT2D eigenvalue weighted by Gasteiger charge is 2.22. The van der Waals surface area contributed by atoms with Gasteiger partial charge in [0.15, 0.2) is 5.82 Å². The predicted molar refractivity (Wildman–Crippen MR) is 125 cm³/mol. The molecular formula is C24H39N5O. The fourth-order valence-corrected chi connectivity index (χ4v) is 3.85. The lowest BCUT2D eigenvalue weighted by atomic mass is 10.1. The molecule has 0 saturated carbocycles. The molecule has 0 aliphatic rings. The number of anilines is 2. The highest BCUT2D eigenvalue weighted by Crippen LogP contribution is 2.23. The lowest BCUT2D eigenvalue weighted by Crippen LogP contribution is -2.40. The lowest BCUT2D eigenvalue weighted by Gasteiger charge is -2.32. The van der Waals surface area contributed by atoms with Crippen molar-refractivity contribution in [3.05, 3.63) is 41.5 Å². The van der Waals surface area contributed by atoms with Gasteiger partial charge < -0.3 is 14.9 Å². The predicted octanol–water partition coefficient (Wildman–Crippen LogP) is 4.05. The summed E-state index contributed by atoms with van der Waals surface area (Å²) in [6.45, 7) is 15.1. The van der Waals surface area contributed by atoms with Crippen molar-refractivity contribution in [2.45, 2.75) is 79.4 Å². The molecule has 0 aromatic carbocycles. The summed E-state index contributed by atoms with van der Waals surface area (Å²) in [6, 6.07) is 6.04. The minimum Gasteiger partial charge on any atom is -0.392 e. The highest BCUT2D eigenvalue weighted by molar-refractivity contribution is 5.46. The van der Waals surface area contributed by atoms with Crippen LogP contribution in [-0.2, 0) is 19.3 Å². The third kappa shape index (κ3) is 6.14. The summed E-state index contributed by atoms with van der Waals surface area (Å²) in [4.78, 5) is 19.2. The van der Waals surface area contributed by atoms with Crippen molar-refractivity contribution < 1.29 is 5.11 Å². The zero-order valence-corrected chi connectivity index (χ0v) is 19.6. The molecule has 0 aliphatic heterocycles. The minimum absolute atomic E-state index is 0.141. The second-order valence-electron chi connectivity index (χ2n) is 7.92. The Morgan fingerprint density at radius 1 is 0.967 bits per heavy atom. The van der Waals surface area contributed by atoms with Gasteiger partial charge in [0.05, 0.1) is 23.2 Å². The number of aliphatic hydroxyl groups excluding tert-OH is 1. The average Bonchev–Trinajstić information content (AvgIpc) is 2.76. The zero-order chi connectivity index (χ0) is 22.1. The first-order chi connectivity index (χ1) is 14.4. The van der Waals surface area contributed by atoms with Crippen molar-refractivity contribution in [1.82, 2.24) is 15.0 Å². The molecular weight excluding hydrogens is 374 g/mol. The summed E-state index contributed by atoms with van der Waals surface area (Å²) in [5, 5.41) is 10.1. The smallest absolute Gasteiger partial charge is 0.150 e. The Hall–Kier alpha value is -2.21. The molecule has 166 valence electrons. The van der Waals surface area contributed by atoms with Crippen LogP contribution in [0.1, 0.15) is 65.0 Å². The highest BCUT2D eigenvalue weighted by atomic mass is 16.3. The lowest BCUT2D eigenvalue weighted by molar-refractivity contribution is 0.197. The molecule has 0 radical (unpaired) electrons. The number of aromatic nitrogens is 3. The van der Waals surface area contributed by atoms with Gasteiger partial charge in [-0.25, -0.2) is 9.97 Å². The molecule has 6 heteroatoms. The number of nitrogens with zero attached hydrogens (tertiary/aromatic N) is 5. The Morgan fingerprint density at radius 2 is 1.70 bits per heavy atom. The second-order valence-corrected chi connectivity index (χ2v) is 7.92. The van der Waals surface area contributed by atoms with E-state index in [4.69, 9.17) is 9.97 Å². The number of aryl methyl sites for hydroxylation is 2. The Labute approximate surface area is 182 Å². The second kappa shape index (κ2) is 11.8. The van der Waals surface area contributed by atoms with Gasteiger partial charge in [0.25, 0.3) is 0 Å². The largest absolute Gasteiger partial charge is 0.392 e. The fraction of sp³-hybridized carbons (Fsp3) is 0.625. The minimum atomic E-state index is -0.438. The molecule has 0 bridgehead atoms. The van der Waals surface area contributed by atoms with Crippen LogP contribution < -0.4 is 9.80 Å². The molecule has 2 aromatic heterocycles. The Bertz CT molecular complexity index is 766. The zero-order valence-electron chi connectivity index (χ0n) is 19.6. The van der Waals surface area contributed by atoms with Crippen LogP contribution in [-0.4, -0.2) is 51.8 Å². The standard InChI is InChI=1S/C24H39N5O/c1-7-15-28(10-4)24-21(9-3)26-22(20(8-2)27-24)16-18(5)29(17-19(6)30)23-13-11-12-14-25-23/h11-14,18-19,30H,7-10,15-17H2,1-6H3. The average molecular weight is 414 g/mol. The van der Waals surface area contributed by atoms with Gasteiger partial charge in [0, 0.05) is 38.3 Å². The van der Waals surface area contributed by atoms with E-state index in [-0.39, 0.29) is 6.04 Å². The van der Waals surface area contributed by atoms with Gasteiger partial charge in [0.1, 0.15) is 5.82 Å². The molecule has 0 spiro atoms. The maximum atomic E-state index is 10.1. The van der Waals surface area contributed by atoms with Crippen molar-refractivity contribution in [1.29, 1.82) is 0 Å². The molecule has 6 nitrogen and oxygen atoms in total. The number of pyridine rings is 1. The number of aliphatic hydroxyl groups is 1. The maximum Gasteiger partial charge on any atom is 0.150 e. The third-order valence-corrected chi connectivity index (χ3v) is 5.37. The van der Waals surface area contributed by atoms with Gasteiger partial charge >= 0.3 is 0 Å². The molecule has 2 unspecified atom stereocenters. The van der Waals surface area contributed by atoms with Crippen LogP contribution in [0.4, 0.5) is 11.6 Å². The van der Waals surface area contributed by atoms with Gasteiger partial charge in [-0.1, -0.05) is 26.8 Å². The van der Waals surface area contributed by atoms with Crippen LogP contribution in [0.25, 0.3) is 0 Å². The van der Waals surface area contributed by atoms with E-state index in [0.717, 1.165) is 67.5 Å². The van der Waals surface area contributed by atoms with Crippen LogP contribution >= 0.6 is 0 Å². The molecule has 0 aliphatic carbocycles. The van der Waals surface area contributed by atoms with E-state index in [1.807, 2.05) is 25.1 Å². The van der Waals surface area contributed by atoms with Crippen LogP contribution in [0, 0.1) is 0 Å². The Kier molecular flexibility index (Phi) is 9.50. The van der Waals surface area contributed by atoms with Crippen LogP contribution in [0.5, 0.6) is 0 Å². The molecule has 2 heterocycles. The van der Waals surface area contributed by atoms with Crippen LogP contribution in [0.2, 0.25) is 0 Å². The number of rotatable bonds is 12. The third-order valence-electron chi connectivity index (χ3n) is 5.37.